The fraction of sp³-hybridized carbons (Fsp3) is 0.773. The van der Waals surface area contributed by atoms with Gasteiger partial charge in [-0.05, 0) is 50.9 Å². The van der Waals surface area contributed by atoms with Crippen LogP contribution >= 0.6 is 0 Å². The summed E-state index contributed by atoms with van der Waals surface area (Å²) in [5.41, 5.74) is 0.374. The molecule has 0 radical (unpaired) electrons. The second kappa shape index (κ2) is 8.26. The van der Waals surface area contributed by atoms with Crippen LogP contribution in [-0.2, 0) is 4.79 Å². The van der Waals surface area contributed by atoms with Crippen molar-refractivity contribution < 1.29 is 14.1 Å². The van der Waals surface area contributed by atoms with E-state index in [9.17, 15) is 9.59 Å². The molecule has 1 aromatic heterocycles. The number of hydrogen-bond acceptors (Lipinski definition) is 4. The lowest BCUT2D eigenvalue weighted by atomic mass is 9.78. The number of carbonyl (C=O) groups excluding carboxylic acids is 2. The molecule has 1 N–H and O–H groups in total. The van der Waals surface area contributed by atoms with Crippen LogP contribution < -0.4 is 5.32 Å². The molecule has 1 aromatic rings. The first-order chi connectivity index (χ1) is 13.5. The highest BCUT2D eigenvalue weighted by molar-refractivity contribution is 5.92. The summed E-state index contributed by atoms with van der Waals surface area (Å²) in [6, 6.07) is 2.02. The molecule has 3 aliphatic rings. The summed E-state index contributed by atoms with van der Waals surface area (Å²) >= 11 is 0. The topological polar surface area (TPSA) is 75.4 Å². The smallest absolute Gasteiger partial charge is 0.273 e. The molecule has 4 rings (SSSR count). The van der Waals surface area contributed by atoms with Gasteiger partial charge in [-0.25, -0.2) is 0 Å². The molecule has 6 heteroatoms. The number of piperidine rings is 1. The molecule has 1 aliphatic heterocycles. The molecular formula is C22H33N3O3. The van der Waals surface area contributed by atoms with Crippen LogP contribution in [0.25, 0.3) is 0 Å². The van der Waals surface area contributed by atoms with E-state index in [0.717, 1.165) is 38.0 Å². The average Bonchev–Trinajstić information content (AvgIpc) is 3.40. The van der Waals surface area contributed by atoms with Gasteiger partial charge in [-0.2, -0.15) is 0 Å². The highest BCUT2D eigenvalue weighted by Gasteiger charge is 2.33. The zero-order valence-corrected chi connectivity index (χ0v) is 17.2. The summed E-state index contributed by atoms with van der Waals surface area (Å²) in [6.45, 7) is 5.11. The molecular weight excluding hydrogens is 354 g/mol. The van der Waals surface area contributed by atoms with Crippen molar-refractivity contribution >= 4 is 11.8 Å². The Labute approximate surface area is 167 Å². The van der Waals surface area contributed by atoms with Crippen molar-refractivity contribution in [3.63, 3.8) is 0 Å². The second-order valence-electron chi connectivity index (χ2n) is 9.25. The average molecular weight is 388 g/mol. The molecule has 1 saturated heterocycles. The minimum atomic E-state index is -0.163. The molecule has 154 valence electrons. The molecule has 3 unspecified atom stereocenters. The minimum absolute atomic E-state index is 0.0845. The summed E-state index contributed by atoms with van der Waals surface area (Å²) in [4.78, 5) is 27.4. The number of hydrogen-bond donors (Lipinski definition) is 1. The van der Waals surface area contributed by atoms with E-state index in [1.807, 2.05) is 4.90 Å². The molecule has 0 bridgehead atoms. The highest BCUT2D eigenvalue weighted by Crippen LogP contribution is 2.40. The van der Waals surface area contributed by atoms with E-state index in [-0.39, 0.29) is 18.0 Å². The van der Waals surface area contributed by atoms with Crippen molar-refractivity contribution in [2.45, 2.75) is 89.6 Å². The maximum absolute atomic E-state index is 12.9. The zero-order chi connectivity index (χ0) is 19.7. The van der Waals surface area contributed by atoms with Crippen LogP contribution in [0.2, 0.25) is 0 Å². The first-order valence-electron chi connectivity index (χ1n) is 11.1. The largest absolute Gasteiger partial charge is 0.360 e. The van der Waals surface area contributed by atoms with Crippen molar-refractivity contribution in [2.75, 3.05) is 6.54 Å². The summed E-state index contributed by atoms with van der Waals surface area (Å²) in [5.74, 6) is 2.61. The van der Waals surface area contributed by atoms with E-state index in [0.29, 0.717) is 35.8 Å². The number of nitrogens with one attached hydrogen (secondary N) is 1. The summed E-state index contributed by atoms with van der Waals surface area (Å²) in [5, 5.41) is 7.01. The number of rotatable bonds is 5. The van der Waals surface area contributed by atoms with Gasteiger partial charge in [0.25, 0.3) is 5.91 Å². The van der Waals surface area contributed by atoms with Crippen LogP contribution in [0, 0.1) is 11.8 Å². The lowest BCUT2D eigenvalue weighted by Gasteiger charge is -2.39. The summed E-state index contributed by atoms with van der Waals surface area (Å²) in [7, 11) is 0. The number of amides is 2. The quantitative estimate of drug-likeness (QED) is 0.832. The third kappa shape index (κ3) is 4.41. The lowest BCUT2D eigenvalue weighted by molar-refractivity contribution is -0.136. The Kier molecular flexibility index (Phi) is 5.74. The van der Waals surface area contributed by atoms with E-state index < -0.39 is 0 Å². The van der Waals surface area contributed by atoms with E-state index in [4.69, 9.17) is 4.52 Å². The molecule has 2 saturated carbocycles. The van der Waals surface area contributed by atoms with Crippen LogP contribution in [0.5, 0.6) is 0 Å². The number of likely N-dealkylation sites (tertiary alicyclic amines) is 1. The van der Waals surface area contributed by atoms with Gasteiger partial charge in [0, 0.05) is 37.0 Å². The predicted molar refractivity (Wildman–Crippen MR) is 106 cm³/mol. The Morgan fingerprint density at radius 3 is 2.68 bits per heavy atom. The van der Waals surface area contributed by atoms with E-state index in [1.54, 1.807) is 6.07 Å². The van der Waals surface area contributed by atoms with Gasteiger partial charge >= 0.3 is 0 Å². The standard InChI is InChI=1S/C22H33N3O3/c1-14-5-3-4-6-17(14)12-21(26)25-10-9-18(11-15(25)2)23-22(27)19-13-20(28-24-19)16-7-8-16/h13-18H,3-12H2,1-2H3,(H,23,27)/t14?,15-,17?,18?/m1/s1. The van der Waals surface area contributed by atoms with E-state index in [1.165, 1.54) is 25.7 Å². The Bertz CT molecular complexity index is 712. The van der Waals surface area contributed by atoms with E-state index >= 15 is 0 Å². The van der Waals surface area contributed by atoms with Gasteiger partial charge in [0.15, 0.2) is 5.69 Å². The predicted octanol–water partition coefficient (Wildman–Crippen LogP) is 3.88. The fourth-order valence-electron chi connectivity index (χ4n) is 4.93. The maximum atomic E-state index is 12.9. The number of carbonyl (C=O) groups is 2. The van der Waals surface area contributed by atoms with Gasteiger partial charge in [-0.3, -0.25) is 9.59 Å². The SMILES string of the molecule is CC1CCCCC1CC(=O)N1CCC(NC(=O)c2cc(C3CC3)on2)C[C@H]1C. The molecule has 28 heavy (non-hydrogen) atoms. The monoisotopic (exact) mass is 387 g/mol. The molecule has 3 fully saturated rings. The molecule has 6 nitrogen and oxygen atoms in total. The van der Waals surface area contributed by atoms with Crippen molar-refractivity contribution in [3.05, 3.63) is 17.5 Å². The van der Waals surface area contributed by atoms with Crippen molar-refractivity contribution in [1.82, 2.24) is 15.4 Å². The van der Waals surface area contributed by atoms with Crippen LogP contribution in [0.3, 0.4) is 0 Å². The Morgan fingerprint density at radius 2 is 1.96 bits per heavy atom. The Hall–Kier alpha value is -1.85. The van der Waals surface area contributed by atoms with Crippen LogP contribution in [0.15, 0.2) is 10.6 Å². The lowest BCUT2D eigenvalue weighted by Crippen LogP contribution is -2.51. The third-order valence-corrected chi connectivity index (χ3v) is 7.00. The van der Waals surface area contributed by atoms with Gasteiger partial charge in [0.1, 0.15) is 5.76 Å². The highest BCUT2D eigenvalue weighted by atomic mass is 16.5. The first kappa shape index (κ1) is 19.5. The van der Waals surface area contributed by atoms with Crippen LogP contribution in [0.4, 0.5) is 0 Å². The molecule has 2 amide bonds. The number of aromatic nitrogens is 1. The second-order valence-corrected chi connectivity index (χ2v) is 9.25. The maximum Gasteiger partial charge on any atom is 0.273 e. The van der Waals surface area contributed by atoms with Crippen molar-refractivity contribution in [2.24, 2.45) is 11.8 Å². The molecule has 2 aliphatic carbocycles. The van der Waals surface area contributed by atoms with Crippen LogP contribution in [-0.4, -0.2) is 40.5 Å². The van der Waals surface area contributed by atoms with Crippen molar-refractivity contribution in [1.29, 1.82) is 0 Å². The van der Waals surface area contributed by atoms with Gasteiger partial charge in [0.05, 0.1) is 0 Å². The van der Waals surface area contributed by atoms with E-state index in [2.05, 4.69) is 24.3 Å². The summed E-state index contributed by atoms with van der Waals surface area (Å²) in [6.07, 6.45) is 9.55. The van der Waals surface area contributed by atoms with Gasteiger partial charge in [-0.15, -0.1) is 0 Å². The number of nitrogens with zero attached hydrogens (tertiary/aromatic N) is 2. The third-order valence-electron chi connectivity index (χ3n) is 7.00. The first-order valence-corrected chi connectivity index (χ1v) is 11.1. The van der Waals surface area contributed by atoms with Crippen molar-refractivity contribution in [3.8, 4) is 0 Å². The normalized spacial score (nSPS) is 30.9. The minimum Gasteiger partial charge on any atom is -0.360 e. The zero-order valence-electron chi connectivity index (χ0n) is 17.2. The van der Waals surface area contributed by atoms with Gasteiger partial charge in [-0.1, -0.05) is 31.3 Å². The van der Waals surface area contributed by atoms with Crippen LogP contribution in [0.1, 0.15) is 93.8 Å². The molecule has 0 aromatic carbocycles. The van der Waals surface area contributed by atoms with Gasteiger partial charge in [0.2, 0.25) is 5.91 Å². The molecule has 2 heterocycles. The van der Waals surface area contributed by atoms with Gasteiger partial charge < -0.3 is 14.7 Å². The molecule has 4 atom stereocenters. The Morgan fingerprint density at radius 1 is 1.18 bits per heavy atom. The summed E-state index contributed by atoms with van der Waals surface area (Å²) < 4.78 is 5.29. The molecule has 0 spiro atoms. The fourth-order valence-corrected chi connectivity index (χ4v) is 4.93. The Balaban J connectivity index is 1.27.